The first-order valence-corrected chi connectivity index (χ1v) is 9.30. The summed E-state index contributed by atoms with van der Waals surface area (Å²) in [5.74, 6) is 0.501. The lowest BCUT2D eigenvalue weighted by molar-refractivity contribution is -0.144. The Labute approximate surface area is 148 Å². The molecule has 5 nitrogen and oxygen atoms in total. The molecule has 134 valence electrons. The topological polar surface area (TPSA) is 49.9 Å². The van der Waals surface area contributed by atoms with Gasteiger partial charge < -0.3 is 14.5 Å². The van der Waals surface area contributed by atoms with Gasteiger partial charge in [0, 0.05) is 32.6 Å². The minimum Gasteiger partial charge on any atom is -0.372 e. The summed E-state index contributed by atoms with van der Waals surface area (Å²) < 4.78 is 6.08. The van der Waals surface area contributed by atoms with Gasteiger partial charge in [0.15, 0.2) is 0 Å². The predicted octanol–water partition coefficient (Wildman–Crippen LogP) is 1.64. The Morgan fingerprint density at radius 3 is 2.40 bits per heavy atom. The maximum atomic E-state index is 12.9. The van der Waals surface area contributed by atoms with Crippen molar-refractivity contribution in [2.45, 2.75) is 37.7 Å². The molecular formula is C20H26N2O3. The van der Waals surface area contributed by atoms with Crippen LogP contribution in [0.3, 0.4) is 0 Å². The van der Waals surface area contributed by atoms with E-state index >= 15 is 0 Å². The van der Waals surface area contributed by atoms with E-state index in [2.05, 4.69) is 12.1 Å². The van der Waals surface area contributed by atoms with E-state index in [1.54, 1.807) is 4.90 Å². The number of hydrogen-bond donors (Lipinski definition) is 0. The Bertz CT molecular complexity index is 654. The highest BCUT2D eigenvalue weighted by atomic mass is 16.5. The SMILES string of the molecule is CN1CCOC2(CCN(C(=O)C3Cc4ccccc4C3)CC2)CC1=O. The summed E-state index contributed by atoms with van der Waals surface area (Å²) in [5.41, 5.74) is 2.27. The van der Waals surface area contributed by atoms with Crippen molar-refractivity contribution in [3.05, 3.63) is 35.4 Å². The van der Waals surface area contributed by atoms with Gasteiger partial charge >= 0.3 is 0 Å². The van der Waals surface area contributed by atoms with Crippen molar-refractivity contribution in [3.63, 3.8) is 0 Å². The van der Waals surface area contributed by atoms with E-state index in [-0.39, 0.29) is 23.3 Å². The molecule has 1 aliphatic carbocycles. The summed E-state index contributed by atoms with van der Waals surface area (Å²) in [7, 11) is 1.83. The predicted molar refractivity (Wildman–Crippen MR) is 94.1 cm³/mol. The molecule has 5 heteroatoms. The molecular weight excluding hydrogens is 316 g/mol. The second-order valence-electron chi connectivity index (χ2n) is 7.72. The molecule has 0 unspecified atom stereocenters. The number of benzene rings is 1. The highest BCUT2D eigenvalue weighted by molar-refractivity contribution is 5.81. The number of nitrogens with zero attached hydrogens (tertiary/aromatic N) is 2. The molecule has 3 aliphatic rings. The Kier molecular flexibility index (Phi) is 4.28. The third kappa shape index (κ3) is 3.17. The van der Waals surface area contributed by atoms with Crippen molar-refractivity contribution in [1.29, 1.82) is 0 Å². The smallest absolute Gasteiger partial charge is 0.226 e. The fourth-order valence-corrected chi connectivity index (χ4v) is 4.43. The summed E-state index contributed by atoms with van der Waals surface area (Å²) in [6.45, 7) is 2.64. The van der Waals surface area contributed by atoms with E-state index in [0.29, 0.717) is 32.7 Å². The van der Waals surface area contributed by atoms with Crippen LogP contribution in [0.2, 0.25) is 0 Å². The fourth-order valence-electron chi connectivity index (χ4n) is 4.43. The van der Waals surface area contributed by atoms with E-state index in [9.17, 15) is 9.59 Å². The average Bonchev–Trinajstić information content (AvgIpc) is 3.00. The first-order chi connectivity index (χ1) is 12.1. The Morgan fingerprint density at radius 2 is 1.76 bits per heavy atom. The summed E-state index contributed by atoms with van der Waals surface area (Å²) in [6, 6.07) is 8.37. The number of amides is 2. The van der Waals surface area contributed by atoms with Crippen molar-refractivity contribution >= 4 is 11.8 Å². The van der Waals surface area contributed by atoms with Gasteiger partial charge in [0.25, 0.3) is 0 Å². The lowest BCUT2D eigenvalue weighted by Crippen LogP contribution is -2.50. The van der Waals surface area contributed by atoms with E-state index in [0.717, 1.165) is 25.7 Å². The van der Waals surface area contributed by atoms with Crippen LogP contribution in [-0.4, -0.2) is 60.5 Å². The molecule has 2 saturated heterocycles. The summed E-state index contributed by atoms with van der Waals surface area (Å²) in [4.78, 5) is 28.9. The summed E-state index contributed by atoms with van der Waals surface area (Å²) in [5, 5.41) is 0. The van der Waals surface area contributed by atoms with Crippen molar-refractivity contribution in [2.75, 3.05) is 33.3 Å². The number of fused-ring (bicyclic) bond motifs is 1. The second-order valence-corrected chi connectivity index (χ2v) is 7.72. The molecule has 2 amide bonds. The zero-order valence-electron chi connectivity index (χ0n) is 14.9. The van der Waals surface area contributed by atoms with Gasteiger partial charge in [-0.3, -0.25) is 9.59 Å². The van der Waals surface area contributed by atoms with Crippen molar-refractivity contribution in [3.8, 4) is 0 Å². The number of piperidine rings is 1. The maximum absolute atomic E-state index is 12.9. The minimum atomic E-state index is -0.364. The lowest BCUT2D eigenvalue weighted by Gasteiger charge is -2.41. The molecule has 4 rings (SSSR count). The summed E-state index contributed by atoms with van der Waals surface area (Å²) >= 11 is 0. The lowest BCUT2D eigenvalue weighted by atomic mass is 9.87. The average molecular weight is 342 g/mol. The third-order valence-electron chi connectivity index (χ3n) is 6.12. The minimum absolute atomic E-state index is 0.0780. The molecule has 0 saturated carbocycles. The number of likely N-dealkylation sites (tertiary alicyclic amines) is 1. The second kappa shape index (κ2) is 6.45. The molecule has 2 aliphatic heterocycles. The van der Waals surface area contributed by atoms with Crippen LogP contribution in [0.5, 0.6) is 0 Å². The number of carbonyl (C=O) groups is 2. The van der Waals surface area contributed by atoms with E-state index in [4.69, 9.17) is 4.74 Å². The third-order valence-corrected chi connectivity index (χ3v) is 6.12. The zero-order chi connectivity index (χ0) is 17.4. The number of ether oxygens (including phenoxy) is 1. The van der Waals surface area contributed by atoms with Gasteiger partial charge in [-0.25, -0.2) is 0 Å². The van der Waals surface area contributed by atoms with Crippen LogP contribution in [0.1, 0.15) is 30.4 Å². The van der Waals surface area contributed by atoms with Crippen LogP contribution < -0.4 is 0 Å². The van der Waals surface area contributed by atoms with Gasteiger partial charge in [-0.15, -0.1) is 0 Å². The maximum Gasteiger partial charge on any atom is 0.226 e. The Morgan fingerprint density at radius 1 is 1.12 bits per heavy atom. The van der Waals surface area contributed by atoms with Crippen LogP contribution in [0.4, 0.5) is 0 Å². The van der Waals surface area contributed by atoms with Gasteiger partial charge in [-0.1, -0.05) is 24.3 Å². The number of carbonyl (C=O) groups excluding carboxylic acids is 2. The van der Waals surface area contributed by atoms with Gasteiger partial charge in [-0.05, 0) is 36.8 Å². The largest absolute Gasteiger partial charge is 0.372 e. The molecule has 0 N–H and O–H groups in total. The van der Waals surface area contributed by atoms with Gasteiger partial charge in [0.1, 0.15) is 0 Å². The fraction of sp³-hybridized carbons (Fsp3) is 0.600. The Hall–Kier alpha value is -1.88. The normalized spacial score (nSPS) is 23.6. The van der Waals surface area contributed by atoms with Crippen LogP contribution in [0.25, 0.3) is 0 Å². The molecule has 0 atom stereocenters. The zero-order valence-corrected chi connectivity index (χ0v) is 14.9. The van der Waals surface area contributed by atoms with Crippen LogP contribution in [-0.2, 0) is 27.2 Å². The first-order valence-electron chi connectivity index (χ1n) is 9.30. The van der Waals surface area contributed by atoms with Crippen molar-refractivity contribution in [1.82, 2.24) is 9.80 Å². The molecule has 0 aromatic heterocycles. The molecule has 1 spiro atoms. The number of likely N-dealkylation sites (N-methyl/N-ethyl adjacent to an activating group) is 1. The van der Waals surface area contributed by atoms with E-state index in [1.165, 1.54) is 11.1 Å². The highest BCUT2D eigenvalue weighted by Gasteiger charge is 2.42. The van der Waals surface area contributed by atoms with Crippen molar-refractivity contribution < 1.29 is 14.3 Å². The van der Waals surface area contributed by atoms with Gasteiger partial charge in [0.2, 0.25) is 11.8 Å². The molecule has 1 aromatic rings. The standard InChI is InChI=1S/C20H26N2O3/c1-21-10-11-25-20(14-18(21)23)6-8-22(9-7-20)19(24)17-12-15-4-2-3-5-16(15)13-17/h2-5,17H,6-14H2,1H3. The number of rotatable bonds is 1. The Balaban J connectivity index is 1.37. The molecule has 2 heterocycles. The monoisotopic (exact) mass is 342 g/mol. The molecule has 0 radical (unpaired) electrons. The van der Waals surface area contributed by atoms with Crippen molar-refractivity contribution in [2.24, 2.45) is 5.92 Å². The molecule has 25 heavy (non-hydrogen) atoms. The van der Waals surface area contributed by atoms with Crippen LogP contribution in [0.15, 0.2) is 24.3 Å². The van der Waals surface area contributed by atoms with Gasteiger partial charge in [-0.2, -0.15) is 0 Å². The highest BCUT2D eigenvalue weighted by Crippen LogP contribution is 2.34. The number of hydrogen-bond acceptors (Lipinski definition) is 3. The summed E-state index contributed by atoms with van der Waals surface area (Å²) in [6.07, 6.45) is 3.68. The molecule has 2 fully saturated rings. The first kappa shape index (κ1) is 16.6. The molecule has 1 aromatic carbocycles. The van der Waals surface area contributed by atoms with Crippen LogP contribution in [0, 0.1) is 5.92 Å². The van der Waals surface area contributed by atoms with E-state index < -0.39 is 0 Å². The van der Waals surface area contributed by atoms with Crippen LogP contribution >= 0.6 is 0 Å². The van der Waals surface area contributed by atoms with E-state index in [1.807, 2.05) is 24.1 Å². The van der Waals surface area contributed by atoms with Gasteiger partial charge in [0.05, 0.1) is 18.6 Å². The molecule has 0 bridgehead atoms. The quantitative estimate of drug-likeness (QED) is 0.780.